The molecule has 1 unspecified atom stereocenters. The van der Waals surface area contributed by atoms with Crippen molar-refractivity contribution in [3.63, 3.8) is 0 Å². The molecule has 2 aromatic heterocycles. The molecule has 3 aromatic rings. The number of carbonyl (C=O) groups excluding carboxylic acids is 2. The summed E-state index contributed by atoms with van der Waals surface area (Å²) in [6, 6.07) is 11.6. The van der Waals surface area contributed by atoms with Crippen LogP contribution in [0.15, 0.2) is 72.1 Å². The first kappa shape index (κ1) is 28.3. The summed E-state index contributed by atoms with van der Waals surface area (Å²) < 4.78 is 41.1. The quantitative estimate of drug-likeness (QED) is 0.301. The number of likely N-dealkylation sites (N-methyl/N-ethyl adjacent to an activating group) is 1. The summed E-state index contributed by atoms with van der Waals surface area (Å²) in [6.45, 7) is 3.62. The van der Waals surface area contributed by atoms with E-state index < -0.39 is 23.4 Å². The number of alkyl halides is 3. The highest BCUT2D eigenvalue weighted by Gasteiger charge is 2.31. The van der Waals surface area contributed by atoms with Gasteiger partial charge in [0.2, 0.25) is 5.91 Å². The fraction of sp³-hybridized carbons (Fsp3) is 0.308. The Kier molecular flexibility index (Phi) is 9.38. The lowest BCUT2D eigenvalue weighted by Crippen LogP contribution is -2.48. The van der Waals surface area contributed by atoms with Gasteiger partial charge in [0.25, 0.3) is 5.91 Å². The molecule has 206 valence electrons. The SMILES string of the molecule is CN1CCN(CC(=O)NC(Sc2ncccc2C(=O)Nc2ccc(OC(F)(F)F)cc2)c2ccncc2)CC1. The van der Waals surface area contributed by atoms with Gasteiger partial charge >= 0.3 is 6.36 Å². The summed E-state index contributed by atoms with van der Waals surface area (Å²) in [4.78, 5) is 38.8. The Labute approximate surface area is 227 Å². The first-order valence-corrected chi connectivity index (χ1v) is 12.9. The fourth-order valence-corrected chi connectivity index (χ4v) is 4.94. The van der Waals surface area contributed by atoms with Gasteiger partial charge in [0.05, 0.1) is 12.1 Å². The molecule has 9 nitrogen and oxygen atoms in total. The third-order valence-electron chi connectivity index (χ3n) is 5.86. The number of amides is 2. The lowest BCUT2D eigenvalue weighted by atomic mass is 10.2. The van der Waals surface area contributed by atoms with Gasteiger partial charge in [0.15, 0.2) is 0 Å². The van der Waals surface area contributed by atoms with Gasteiger partial charge in [-0.15, -0.1) is 13.2 Å². The third-order valence-corrected chi connectivity index (χ3v) is 7.03. The predicted molar refractivity (Wildman–Crippen MR) is 140 cm³/mol. The van der Waals surface area contributed by atoms with E-state index in [-0.39, 0.29) is 23.7 Å². The van der Waals surface area contributed by atoms with Crippen LogP contribution in [0, 0.1) is 0 Å². The maximum atomic E-state index is 13.1. The van der Waals surface area contributed by atoms with Gasteiger partial charge in [0, 0.05) is 50.5 Å². The third kappa shape index (κ3) is 8.67. The molecule has 1 aliphatic heterocycles. The van der Waals surface area contributed by atoms with Crippen molar-refractivity contribution in [2.24, 2.45) is 0 Å². The van der Waals surface area contributed by atoms with Gasteiger partial charge in [-0.05, 0) is 61.1 Å². The number of nitrogens with one attached hydrogen (secondary N) is 2. The number of pyridine rings is 2. The summed E-state index contributed by atoms with van der Waals surface area (Å²) in [5, 5.41) is 5.53. The van der Waals surface area contributed by atoms with E-state index in [0.717, 1.165) is 43.9 Å². The first-order valence-electron chi connectivity index (χ1n) is 12.1. The van der Waals surface area contributed by atoms with E-state index in [9.17, 15) is 22.8 Å². The highest BCUT2D eigenvalue weighted by Crippen LogP contribution is 2.34. The van der Waals surface area contributed by atoms with Crippen molar-refractivity contribution in [1.82, 2.24) is 25.1 Å². The van der Waals surface area contributed by atoms with Crippen LogP contribution >= 0.6 is 11.8 Å². The summed E-state index contributed by atoms with van der Waals surface area (Å²) in [7, 11) is 2.05. The van der Waals surface area contributed by atoms with Crippen molar-refractivity contribution in [3.05, 3.63) is 78.2 Å². The number of anilines is 1. The van der Waals surface area contributed by atoms with Crippen molar-refractivity contribution in [1.29, 1.82) is 0 Å². The zero-order valence-corrected chi connectivity index (χ0v) is 21.8. The van der Waals surface area contributed by atoms with E-state index in [2.05, 4.69) is 35.1 Å². The molecule has 1 saturated heterocycles. The number of nitrogens with zero attached hydrogens (tertiary/aromatic N) is 4. The van der Waals surface area contributed by atoms with Crippen LogP contribution in [0.4, 0.5) is 18.9 Å². The molecular weight excluding hydrogens is 533 g/mol. The molecular formula is C26H27F3N6O3S. The number of hydrogen-bond acceptors (Lipinski definition) is 8. The number of ether oxygens (including phenoxy) is 1. The fourth-order valence-electron chi connectivity index (χ4n) is 3.83. The first-order chi connectivity index (χ1) is 18.7. The zero-order valence-electron chi connectivity index (χ0n) is 21.0. The second-order valence-corrected chi connectivity index (χ2v) is 9.90. The molecule has 2 N–H and O–H groups in total. The number of thioether (sulfide) groups is 1. The second kappa shape index (κ2) is 12.9. The molecule has 0 radical (unpaired) electrons. The maximum Gasteiger partial charge on any atom is 0.573 e. The standard InChI is InChI=1S/C26H27F3N6O3S/c1-34-13-15-35(16-14-34)17-22(36)33-24(18-8-11-30-12-9-18)39-25-21(3-2-10-31-25)23(37)32-19-4-6-20(7-5-19)38-26(27,28)29/h2-12,24H,13-17H2,1H3,(H,32,37)(H,33,36). The predicted octanol–water partition coefficient (Wildman–Crippen LogP) is 3.78. The van der Waals surface area contributed by atoms with Gasteiger partial charge in [-0.2, -0.15) is 0 Å². The molecule has 0 saturated carbocycles. The van der Waals surface area contributed by atoms with Gasteiger partial charge in [0.1, 0.15) is 16.1 Å². The topological polar surface area (TPSA) is 99.7 Å². The van der Waals surface area contributed by atoms with Crippen LogP contribution in [0.5, 0.6) is 5.75 Å². The summed E-state index contributed by atoms with van der Waals surface area (Å²) in [5.74, 6) is -1.06. The molecule has 1 atom stereocenters. The summed E-state index contributed by atoms with van der Waals surface area (Å²) >= 11 is 1.20. The number of piperazine rings is 1. The molecule has 13 heteroatoms. The van der Waals surface area contributed by atoms with Crippen molar-refractivity contribution in [3.8, 4) is 5.75 Å². The van der Waals surface area contributed by atoms with Gasteiger partial charge in [-0.1, -0.05) is 11.8 Å². The maximum absolute atomic E-state index is 13.1. The van der Waals surface area contributed by atoms with Crippen LogP contribution in [-0.2, 0) is 4.79 Å². The molecule has 1 aliphatic rings. The number of aromatic nitrogens is 2. The Morgan fingerprint density at radius 1 is 1.03 bits per heavy atom. The Balaban J connectivity index is 1.47. The molecule has 4 rings (SSSR count). The van der Waals surface area contributed by atoms with E-state index >= 15 is 0 Å². The lowest BCUT2D eigenvalue weighted by Gasteiger charge is -2.32. The Hall–Kier alpha value is -3.68. The van der Waals surface area contributed by atoms with Crippen LogP contribution in [0.2, 0.25) is 0 Å². The Bertz CT molecular complexity index is 1260. The molecule has 2 amide bonds. The Morgan fingerprint density at radius 2 is 1.72 bits per heavy atom. The van der Waals surface area contributed by atoms with Gasteiger partial charge in [-0.3, -0.25) is 19.5 Å². The van der Waals surface area contributed by atoms with Crippen LogP contribution in [0.1, 0.15) is 21.3 Å². The molecule has 1 aromatic carbocycles. The van der Waals surface area contributed by atoms with Gasteiger partial charge < -0.3 is 20.3 Å². The van der Waals surface area contributed by atoms with Crippen LogP contribution in [-0.4, -0.2) is 77.7 Å². The Morgan fingerprint density at radius 3 is 2.38 bits per heavy atom. The molecule has 3 heterocycles. The number of hydrogen-bond donors (Lipinski definition) is 2. The van der Waals surface area contributed by atoms with Gasteiger partial charge in [-0.25, -0.2) is 4.98 Å². The molecule has 1 fully saturated rings. The minimum atomic E-state index is -4.81. The van der Waals surface area contributed by atoms with E-state index in [1.807, 2.05) is 7.05 Å². The molecule has 39 heavy (non-hydrogen) atoms. The monoisotopic (exact) mass is 560 g/mol. The van der Waals surface area contributed by atoms with Crippen molar-refractivity contribution >= 4 is 29.3 Å². The van der Waals surface area contributed by atoms with Crippen molar-refractivity contribution in [2.75, 3.05) is 45.1 Å². The van der Waals surface area contributed by atoms with E-state index in [1.54, 1.807) is 36.7 Å². The largest absolute Gasteiger partial charge is 0.573 e. The minimum absolute atomic E-state index is 0.156. The molecule has 0 bridgehead atoms. The minimum Gasteiger partial charge on any atom is -0.406 e. The number of carbonyl (C=O) groups is 2. The van der Waals surface area contributed by atoms with Crippen molar-refractivity contribution in [2.45, 2.75) is 16.8 Å². The zero-order chi connectivity index (χ0) is 27.8. The summed E-state index contributed by atoms with van der Waals surface area (Å²) in [5.41, 5.74) is 1.30. The van der Waals surface area contributed by atoms with Crippen LogP contribution < -0.4 is 15.4 Å². The lowest BCUT2D eigenvalue weighted by molar-refractivity contribution is -0.274. The number of halogens is 3. The van der Waals surface area contributed by atoms with E-state index in [4.69, 9.17) is 0 Å². The smallest absolute Gasteiger partial charge is 0.406 e. The van der Waals surface area contributed by atoms with Crippen LogP contribution in [0.25, 0.3) is 0 Å². The highest BCUT2D eigenvalue weighted by molar-refractivity contribution is 7.99. The number of rotatable bonds is 9. The highest BCUT2D eigenvalue weighted by atomic mass is 32.2. The van der Waals surface area contributed by atoms with Crippen molar-refractivity contribution < 1.29 is 27.5 Å². The van der Waals surface area contributed by atoms with E-state index in [0.29, 0.717) is 5.03 Å². The normalized spacial score (nSPS) is 15.4. The molecule has 0 spiro atoms. The average Bonchev–Trinajstić information content (AvgIpc) is 2.91. The number of benzene rings is 1. The van der Waals surface area contributed by atoms with E-state index in [1.165, 1.54) is 30.1 Å². The summed E-state index contributed by atoms with van der Waals surface area (Å²) in [6.07, 6.45) is -0.0304. The second-order valence-electron chi connectivity index (χ2n) is 8.81. The average molecular weight is 561 g/mol. The van der Waals surface area contributed by atoms with Crippen LogP contribution in [0.3, 0.4) is 0 Å². The molecule has 0 aliphatic carbocycles.